The van der Waals surface area contributed by atoms with Gasteiger partial charge in [-0.05, 0) is 36.2 Å². The van der Waals surface area contributed by atoms with Crippen LogP contribution in [-0.4, -0.2) is 46.5 Å². The third-order valence-corrected chi connectivity index (χ3v) is 5.59. The lowest BCUT2D eigenvalue weighted by atomic mass is 10.0. The van der Waals surface area contributed by atoms with Crippen molar-refractivity contribution in [1.82, 2.24) is 10.2 Å². The van der Waals surface area contributed by atoms with Gasteiger partial charge in [0.25, 0.3) is 5.91 Å². The fourth-order valence-electron chi connectivity index (χ4n) is 4.04. The topological polar surface area (TPSA) is 116 Å². The summed E-state index contributed by atoms with van der Waals surface area (Å²) in [4.78, 5) is 50.3. The third kappa shape index (κ3) is 4.51. The number of hydrogen-bond acceptors (Lipinski definition) is 5. The van der Waals surface area contributed by atoms with Gasteiger partial charge in [-0.25, -0.2) is 9.18 Å². The van der Waals surface area contributed by atoms with E-state index in [1.165, 1.54) is 29.2 Å². The molecule has 178 valence electrons. The summed E-state index contributed by atoms with van der Waals surface area (Å²) in [5.74, 6) is -2.71. The first-order valence-electron chi connectivity index (χ1n) is 10.2. The minimum absolute atomic E-state index is 0.00283. The number of anilines is 1. The van der Waals surface area contributed by atoms with Crippen molar-refractivity contribution in [1.29, 1.82) is 0 Å². The summed E-state index contributed by atoms with van der Waals surface area (Å²) in [7, 11) is 0. The number of carboxylic acid groups (broad SMARTS) is 1. The standard InChI is InChI=1S/C22H18F3N3O6/c23-16-7-11(9-27(22(32)33)12-2-1-3-13(8-12)34-21(24)25)6-14-15(16)10-28(20(14)31)17-4-5-18(29)26-19(17)30/h1-3,6-8,17,21H,4-5,9-10H2,(H,32,33)(H,26,29,30). The second-order valence-corrected chi connectivity index (χ2v) is 7.75. The number of nitrogens with one attached hydrogen (secondary N) is 1. The van der Waals surface area contributed by atoms with E-state index in [0.717, 1.165) is 17.0 Å². The molecule has 0 aromatic heterocycles. The Bertz CT molecular complexity index is 1190. The Kier molecular flexibility index (Phi) is 6.14. The van der Waals surface area contributed by atoms with Crippen LogP contribution < -0.4 is 15.0 Å². The number of carbonyl (C=O) groups excluding carboxylic acids is 3. The predicted octanol–water partition coefficient (Wildman–Crippen LogP) is 2.87. The van der Waals surface area contributed by atoms with Gasteiger partial charge in [-0.1, -0.05) is 6.07 Å². The second-order valence-electron chi connectivity index (χ2n) is 7.75. The fourth-order valence-corrected chi connectivity index (χ4v) is 4.04. The SMILES string of the molecule is O=C1CCC(N2Cc3c(F)cc(CN(C(=O)O)c4cccc(OC(F)F)c4)cc3C2=O)C(=O)N1. The largest absolute Gasteiger partial charge is 0.465 e. The molecule has 2 aromatic carbocycles. The first kappa shape index (κ1) is 23.1. The van der Waals surface area contributed by atoms with Gasteiger partial charge in [-0.15, -0.1) is 0 Å². The van der Waals surface area contributed by atoms with Crippen LogP contribution >= 0.6 is 0 Å². The molecule has 0 saturated carbocycles. The molecule has 4 rings (SSSR count). The Labute approximate surface area is 190 Å². The molecular formula is C22H18F3N3O6. The lowest BCUT2D eigenvalue weighted by molar-refractivity contribution is -0.136. The maximum absolute atomic E-state index is 14.9. The molecule has 0 spiro atoms. The van der Waals surface area contributed by atoms with Crippen molar-refractivity contribution >= 4 is 29.5 Å². The lowest BCUT2D eigenvalue weighted by Gasteiger charge is -2.29. The number of fused-ring (bicyclic) bond motifs is 1. The number of hydrogen-bond donors (Lipinski definition) is 2. The van der Waals surface area contributed by atoms with E-state index in [0.29, 0.717) is 0 Å². The van der Waals surface area contributed by atoms with Crippen molar-refractivity contribution in [3.63, 3.8) is 0 Å². The molecule has 1 saturated heterocycles. The Morgan fingerprint density at radius 2 is 2.00 bits per heavy atom. The number of amides is 4. The number of rotatable bonds is 6. The summed E-state index contributed by atoms with van der Waals surface area (Å²) in [6.45, 7) is -3.65. The van der Waals surface area contributed by atoms with Crippen LogP contribution in [0.5, 0.6) is 5.75 Å². The molecule has 2 heterocycles. The van der Waals surface area contributed by atoms with Gasteiger partial charge in [-0.3, -0.25) is 24.6 Å². The summed E-state index contributed by atoms with van der Waals surface area (Å²) in [6, 6.07) is 6.50. The van der Waals surface area contributed by atoms with E-state index in [2.05, 4.69) is 10.1 Å². The van der Waals surface area contributed by atoms with Crippen molar-refractivity contribution in [3.05, 3.63) is 58.9 Å². The van der Waals surface area contributed by atoms with Gasteiger partial charge in [-0.2, -0.15) is 8.78 Å². The lowest BCUT2D eigenvalue weighted by Crippen LogP contribution is -2.52. The smallest absolute Gasteiger partial charge is 0.412 e. The van der Waals surface area contributed by atoms with E-state index in [9.17, 15) is 37.5 Å². The van der Waals surface area contributed by atoms with Gasteiger partial charge in [0.1, 0.15) is 17.6 Å². The number of benzene rings is 2. The number of piperidine rings is 1. The molecule has 2 aromatic rings. The number of halogens is 3. The minimum Gasteiger partial charge on any atom is -0.465 e. The zero-order valence-corrected chi connectivity index (χ0v) is 17.5. The summed E-state index contributed by atoms with van der Waals surface area (Å²) >= 11 is 0. The molecule has 0 aliphatic carbocycles. The van der Waals surface area contributed by atoms with Crippen molar-refractivity contribution in [2.45, 2.75) is 38.6 Å². The highest BCUT2D eigenvalue weighted by molar-refractivity contribution is 6.05. The highest BCUT2D eigenvalue weighted by Gasteiger charge is 2.40. The summed E-state index contributed by atoms with van der Waals surface area (Å²) in [5, 5.41) is 11.8. The Hall–Kier alpha value is -4.09. The highest BCUT2D eigenvalue weighted by atomic mass is 19.3. The van der Waals surface area contributed by atoms with E-state index >= 15 is 0 Å². The second kappa shape index (κ2) is 9.04. The van der Waals surface area contributed by atoms with Crippen LogP contribution in [0, 0.1) is 5.82 Å². The van der Waals surface area contributed by atoms with E-state index in [-0.39, 0.29) is 54.1 Å². The van der Waals surface area contributed by atoms with Crippen LogP contribution in [0.2, 0.25) is 0 Å². The molecule has 1 atom stereocenters. The van der Waals surface area contributed by atoms with Gasteiger partial charge in [0.2, 0.25) is 11.8 Å². The first-order chi connectivity index (χ1) is 16.1. The van der Waals surface area contributed by atoms with Crippen LogP contribution in [0.4, 0.5) is 23.7 Å². The average Bonchev–Trinajstić information content (AvgIpc) is 3.08. The third-order valence-electron chi connectivity index (χ3n) is 5.59. The zero-order valence-electron chi connectivity index (χ0n) is 17.5. The van der Waals surface area contributed by atoms with Crippen LogP contribution in [0.15, 0.2) is 36.4 Å². The Balaban J connectivity index is 1.59. The highest BCUT2D eigenvalue weighted by Crippen LogP contribution is 2.31. The molecule has 9 nitrogen and oxygen atoms in total. The molecule has 2 aliphatic rings. The summed E-state index contributed by atoms with van der Waals surface area (Å²) < 4.78 is 44.2. The fraction of sp³-hybridized carbons (Fsp3) is 0.273. The van der Waals surface area contributed by atoms with E-state index < -0.39 is 42.3 Å². The van der Waals surface area contributed by atoms with Gasteiger partial charge in [0.15, 0.2) is 0 Å². The van der Waals surface area contributed by atoms with Gasteiger partial charge in [0.05, 0.1) is 18.8 Å². The number of nitrogens with zero attached hydrogens (tertiary/aromatic N) is 2. The average molecular weight is 477 g/mol. The Morgan fingerprint density at radius 1 is 1.24 bits per heavy atom. The van der Waals surface area contributed by atoms with Gasteiger partial charge >= 0.3 is 12.7 Å². The van der Waals surface area contributed by atoms with E-state index in [1.54, 1.807) is 0 Å². The van der Waals surface area contributed by atoms with Crippen molar-refractivity contribution in [2.24, 2.45) is 0 Å². The quantitative estimate of drug-likeness (QED) is 0.619. The van der Waals surface area contributed by atoms with Gasteiger partial charge in [0, 0.05) is 23.6 Å². The van der Waals surface area contributed by atoms with Crippen molar-refractivity contribution in [2.75, 3.05) is 4.90 Å². The summed E-state index contributed by atoms with van der Waals surface area (Å²) in [6.07, 6.45) is -1.28. The normalized spacial score (nSPS) is 17.6. The molecule has 0 radical (unpaired) electrons. The molecule has 12 heteroatoms. The maximum Gasteiger partial charge on any atom is 0.412 e. The summed E-state index contributed by atoms with van der Waals surface area (Å²) in [5.41, 5.74) is 0.188. The monoisotopic (exact) mass is 477 g/mol. The zero-order chi connectivity index (χ0) is 24.6. The van der Waals surface area contributed by atoms with Crippen LogP contribution in [0.1, 0.15) is 34.3 Å². The number of ether oxygens (including phenoxy) is 1. The number of carbonyl (C=O) groups is 4. The number of imide groups is 1. The first-order valence-corrected chi connectivity index (χ1v) is 10.2. The van der Waals surface area contributed by atoms with Crippen LogP contribution in [0.25, 0.3) is 0 Å². The maximum atomic E-state index is 14.9. The molecular weight excluding hydrogens is 459 g/mol. The molecule has 2 N–H and O–H groups in total. The van der Waals surface area contributed by atoms with E-state index in [4.69, 9.17) is 0 Å². The predicted molar refractivity (Wildman–Crippen MR) is 110 cm³/mol. The molecule has 1 fully saturated rings. The van der Waals surface area contributed by atoms with E-state index in [1.807, 2.05) is 0 Å². The minimum atomic E-state index is -3.10. The molecule has 34 heavy (non-hydrogen) atoms. The van der Waals surface area contributed by atoms with Crippen molar-refractivity contribution < 1.29 is 42.2 Å². The molecule has 0 bridgehead atoms. The Morgan fingerprint density at radius 3 is 2.68 bits per heavy atom. The molecule has 4 amide bonds. The number of alkyl halides is 2. The van der Waals surface area contributed by atoms with Crippen molar-refractivity contribution in [3.8, 4) is 5.75 Å². The van der Waals surface area contributed by atoms with Gasteiger partial charge < -0.3 is 14.7 Å². The van der Waals surface area contributed by atoms with Crippen LogP contribution in [-0.2, 0) is 22.7 Å². The van der Waals surface area contributed by atoms with Crippen LogP contribution in [0.3, 0.4) is 0 Å². The molecule has 1 unspecified atom stereocenters. The molecule has 2 aliphatic heterocycles.